The van der Waals surface area contributed by atoms with Gasteiger partial charge in [-0.2, -0.15) is 0 Å². The van der Waals surface area contributed by atoms with Gasteiger partial charge in [-0.3, -0.25) is 0 Å². The van der Waals surface area contributed by atoms with E-state index < -0.39 is 0 Å². The minimum atomic E-state index is -0.00947. The quantitative estimate of drug-likeness (QED) is 0.646. The van der Waals surface area contributed by atoms with Crippen LogP contribution in [0.3, 0.4) is 0 Å². The number of allylic oxidation sites excluding steroid dienone is 2. The Morgan fingerprint density at radius 1 is 0.895 bits per heavy atom. The number of fused-ring (bicyclic) bond motifs is 1. The summed E-state index contributed by atoms with van der Waals surface area (Å²) in [5.41, 5.74) is 6.97. The lowest BCUT2D eigenvalue weighted by Gasteiger charge is -2.29. The van der Waals surface area contributed by atoms with Crippen LogP contribution >= 0.6 is 15.9 Å². The third-order valence-electron chi connectivity index (χ3n) is 4.59. The second-order valence-corrected chi connectivity index (χ2v) is 6.26. The second kappa shape index (κ2) is 4.35. The van der Waals surface area contributed by atoms with Crippen LogP contribution in [0.2, 0.25) is 0 Å². The maximum absolute atomic E-state index is 3.71. The number of halogens is 1. The average Bonchev–Trinajstić information content (AvgIpc) is 2.64. The van der Waals surface area contributed by atoms with Crippen LogP contribution in [0, 0.1) is 0 Å². The Balaban J connectivity index is 2.34. The SMILES string of the molecule is CC1=C(C)C(C)(c2ccccc2)c2cccc(Br)c21. The molecule has 0 fully saturated rings. The molecule has 0 radical (unpaired) electrons. The zero-order valence-electron chi connectivity index (χ0n) is 11.5. The molecule has 1 heteroatoms. The van der Waals surface area contributed by atoms with Gasteiger partial charge in [-0.25, -0.2) is 0 Å². The maximum Gasteiger partial charge on any atom is 0.0392 e. The molecule has 2 aromatic rings. The summed E-state index contributed by atoms with van der Waals surface area (Å²) < 4.78 is 1.20. The van der Waals surface area contributed by atoms with Crippen LogP contribution in [0.5, 0.6) is 0 Å². The van der Waals surface area contributed by atoms with Gasteiger partial charge in [0.25, 0.3) is 0 Å². The number of hydrogen-bond acceptors (Lipinski definition) is 0. The minimum Gasteiger partial charge on any atom is -0.0622 e. The largest absolute Gasteiger partial charge is 0.0622 e. The average molecular weight is 313 g/mol. The lowest BCUT2D eigenvalue weighted by Crippen LogP contribution is -2.22. The zero-order chi connectivity index (χ0) is 13.6. The molecule has 1 aliphatic carbocycles. The molecule has 0 aliphatic heterocycles. The highest BCUT2D eigenvalue weighted by Gasteiger charge is 2.39. The van der Waals surface area contributed by atoms with E-state index in [0.717, 1.165) is 0 Å². The molecule has 96 valence electrons. The van der Waals surface area contributed by atoms with Gasteiger partial charge in [0, 0.05) is 9.89 Å². The fraction of sp³-hybridized carbons (Fsp3) is 0.222. The van der Waals surface area contributed by atoms with E-state index in [4.69, 9.17) is 0 Å². The molecule has 0 aromatic heterocycles. The van der Waals surface area contributed by atoms with E-state index in [1.54, 1.807) is 0 Å². The van der Waals surface area contributed by atoms with Crippen LogP contribution in [-0.2, 0) is 5.41 Å². The molecule has 19 heavy (non-hydrogen) atoms. The molecule has 1 unspecified atom stereocenters. The molecular formula is C18H17Br. The van der Waals surface area contributed by atoms with E-state index in [1.807, 2.05) is 0 Å². The highest BCUT2D eigenvalue weighted by atomic mass is 79.9. The normalized spacial score (nSPS) is 21.7. The van der Waals surface area contributed by atoms with Crippen molar-refractivity contribution in [1.29, 1.82) is 0 Å². The molecule has 1 atom stereocenters. The lowest BCUT2D eigenvalue weighted by molar-refractivity contribution is 0.690. The highest BCUT2D eigenvalue weighted by molar-refractivity contribution is 9.10. The molecule has 1 aliphatic rings. The van der Waals surface area contributed by atoms with Crippen LogP contribution in [-0.4, -0.2) is 0 Å². The molecule has 0 bridgehead atoms. The Labute approximate surface area is 123 Å². The van der Waals surface area contributed by atoms with Gasteiger partial charge < -0.3 is 0 Å². The molecule has 0 spiro atoms. The molecule has 0 amide bonds. The first-order valence-electron chi connectivity index (χ1n) is 6.59. The Hall–Kier alpha value is -1.34. The Morgan fingerprint density at radius 2 is 1.58 bits per heavy atom. The van der Waals surface area contributed by atoms with Crippen molar-refractivity contribution in [3.63, 3.8) is 0 Å². The molecule has 0 saturated heterocycles. The molecular weight excluding hydrogens is 296 g/mol. The Kier molecular flexibility index (Phi) is 2.90. The van der Waals surface area contributed by atoms with E-state index in [-0.39, 0.29) is 5.41 Å². The summed E-state index contributed by atoms with van der Waals surface area (Å²) >= 11 is 3.71. The highest BCUT2D eigenvalue weighted by Crippen LogP contribution is 2.51. The van der Waals surface area contributed by atoms with Crippen LogP contribution in [0.25, 0.3) is 5.57 Å². The summed E-state index contributed by atoms with van der Waals surface area (Å²) in [5.74, 6) is 0. The summed E-state index contributed by atoms with van der Waals surface area (Å²) in [6, 6.07) is 17.3. The van der Waals surface area contributed by atoms with Crippen molar-refractivity contribution < 1.29 is 0 Å². The smallest absolute Gasteiger partial charge is 0.0392 e. The van der Waals surface area contributed by atoms with Crippen molar-refractivity contribution in [2.75, 3.05) is 0 Å². The molecule has 3 rings (SSSR count). The first kappa shape index (κ1) is 12.7. The Morgan fingerprint density at radius 3 is 2.26 bits per heavy atom. The topological polar surface area (TPSA) is 0 Å². The second-order valence-electron chi connectivity index (χ2n) is 5.40. The monoisotopic (exact) mass is 312 g/mol. The maximum atomic E-state index is 3.71. The van der Waals surface area contributed by atoms with Crippen molar-refractivity contribution >= 4 is 21.5 Å². The van der Waals surface area contributed by atoms with Crippen LogP contribution in [0.1, 0.15) is 37.5 Å². The van der Waals surface area contributed by atoms with Gasteiger partial charge >= 0.3 is 0 Å². The molecule has 0 saturated carbocycles. The van der Waals surface area contributed by atoms with E-state index in [0.29, 0.717) is 0 Å². The fourth-order valence-electron chi connectivity index (χ4n) is 3.23. The Bertz CT molecular complexity index is 667. The van der Waals surface area contributed by atoms with Crippen molar-refractivity contribution in [3.8, 4) is 0 Å². The number of rotatable bonds is 1. The van der Waals surface area contributed by atoms with Crippen molar-refractivity contribution in [3.05, 3.63) is 75.3 Å². The van der Waals surface area contributed by atoms with Gasteiger partial charge in [0.05, 0.1) is 0 Å². The predicted molar refractivity (Wildman–Crippen MR) is 85.3 cm³/mol. The molecule has 2 aromatic carbocycles. The molecule has 0 N–H and O–H groups in total. The number of benzene rings is 2. The lowest BCUT2D eigenvalue weighted by atomic mass is 9.74. The molecule has 0 heterocycles. The van der Waals surface area contributed by atoms with Crippen molar-refractivity contribution in [2.24, 2.45) is 0 Å². The van der Waals surface area contributed by atoms with E-state index in [9.17, 15) is 0 Å². The van der Waals surface area contributed by atoms with Gasteiger partial charge in [0.15, 0.2) is 0 Å². The fourth-order valence-corrected chi connectivity index (χ4v) is 3.89. The van der Waals surface area contributed by atoms with Gasteiger partial charge in [-0.05, 0) is 49.1 Å². The summed E-state index contributed by atoms with van der Waals surface area (Å²) in [6.07, 6.45) is 0. The standard InChI is InChI=1S/C18H17Br/c1-12-13(2)18(3,14-8-5-4-6-9-14)15-10-7-11-16(19)17(12)15/h4-11H,1-3H3. The molecule has 0 nitrogen and oxygen atoms in total. The summed E-state index contributed by atoms with van der Waals surface area (Å²) in [7, 11) is 0. The summed E-state index contributed by atoms with van der Waals surface area (Å²) in [5, 5.41) is 0. The minimum absolute atomic E-state index is 0.00947. The van der Waals surface area contributed by atoms with Gasteiger partial charge in [-0.1, -0.05) is 64.0 Å². The predicted octanol–water partition coefficient (Wildman–Crippen LogP) is 5.56. The van der Waals surface area contributed by atoms with E-state index in [1.165, 1.54) is 32.3 Å². The first-order chi connectivity index (χ1) is 9.06. The van der Waals surface area contributed by atoms with Crippen LogP contribution in [0.15, 0.2) is 58.6 Å². The van der Waals surface area contributed by atoms with Gasteiger partial charge in [0.1, 0.15) is 0 Å². The van der Waals surface area contributed by atoms with Gasteiger partial charge in [-0.15, -0.1) is 0 Å². The van der Waals surface area contributed by atoms with Crippen LogP contribution < -0.4 is 0 Å². The van der Waals surface area contributed by atoms with Crippen molar-refractivity contribution in [2.45, 2.75) is 26.2 Å². The summed E-state index contributed by atoms with van der Waals surface area (Å²) in [6.45, 7) is 6.82. The van der Waals surface area contributed by atoms with Gasteiger partial charge in [0.2, 0.25) is 0 Å². The third kappa shape index (κ3) is 1.64. The van der Waals surface area contributed by atoms with Crippen LogP contribution in [0.4, 0.5) is 0 Å². The van der Waals surface area contributed by atoms with Crippen molar-refractivity contribution in [1.82, 2.24) is 0 Å². The first-order valence-corrected chi connectivity index (χ1v) is 7.39. The van der Waals surface area contributed by atoms with E-state index >= 15 is 0 Å². The van der Waals surface area contributed by atoms with E-state index in [2.05, 4.69) is 85.2 Å². The summed E-state index contributed by atoms with van der Waals surface area (Å²) in [4.78, 5) is 0. The zero-order valence-corrected chi connectivity index (χ0v) is 13.1. The number of hydrogen-bond donors (Lipinski definition) is 0. The third-order valence-corrected chi connectivity index (χ3v) is 5.25.